The van der Waals surface area contributed by atoms with Crippen molar-refractivity contribution >= 4 is 0 Å². The van der Waals surface area contributed by atoms with E-state index >= 15 is 0 Å². The summed E-state index contributed by atoms with van der Waals surface area (Å²) in [6.07, 6.45) is 25.5. The van der Waals surface area contributed by atoms with Crippen molar-refractivity contribution < 1.29 is 0 Å². The molecule has 0 saturated carbocycles. The van der Waals surface area contributed by atoms with Crippen LogP contribution in [0.15, 0.2) is 48.6 Å². The minimum absolute atomic E-state index is 1.09. The smallest absolute Gasteiger partial charge is 0.0313 e. The predicted octanol–water partition coefficient (Wildman–Crippen LogP) is 4.38. The van der Waals surface area contributed by atoms with Gasteiger partial charge in [-0.05, 0) is 38.5 Å². The fraction of sp³-hybridized carbons (Fsp3) is 0.357. The van der Waals surface area contributed by atoms with Crippen LogP contribution >= 0.6 is 0 Å². The van der Waals surface area contributed by atoms with Crippen molar-refractivity contribution in [2.45, 2.75) is 32.1 Å². The van der Waals surface area contributed by atoms with Gasteiger partial charge in [0.05, 0.1) is 0 Å². The zero-order chi connectivity index (χ0) is 9.90. The summed E-state index contributed by atoms with van der Waals surface area (Å²) in [5, 5.41) is 0. The van der Waals surface area contributed by atoms with Crippen molar-refractivity contribution in [1.82, 2.24) is 0 Å². The van der Waals surface area contributed by atoms with Gasteiger partial charge in [0.15, 0.2) is 0 Å². The molecular weight excluding hydrogens is 168 g/mol. The minimum Gasteiger partial charge on any atom is -0.0885 e. The molecule has 0 bridgehead atoms. The third kappa shape index (κ3) is 6.47. The Morgan fingerprint density at radius 1 is 0.500 bits per heavy atom. The van der Waals surface area contributed by atoms with Crippen molar-refractivity contribution in [3.63, 3.8) is 0 Å². The van der Waals surface area contributed by atoms with E-state index in [4.69, 9.17) is 0 Å². The molecule has 1 rings (SSSR count). The van der Waals surface area contributed by atoms with E-state index < -0.39 is 0 Å². The molecule has 0 aliphatic heterocycles. The molecule has 0 nitrogen and oxygen atoms in total. The topological polar surface area (TPSA) is 0 Å². The number of hydrogen-bond acceptors (Lipinski definition) is 0. The summed E-state index contributed by atoms with van der Waals surface area (Å²) in [5.41, 5.74) is 0. The Bertz CT molecular complexity index is 228. The first-order valence-corrected chi connectivity index (χ1v) is 5.45. The average Bonchev–Trinajstić information content (AvgIpc) is 2.22. The monoisotopic (exact) mass is 187 g/mol. The van der Waals surface area contributed by atoms with E-state index in [1.807, 2.05) is 0 Å². The molecule has 1 aliphatic rings. The van der Waals surface area contributed by atoms with Gasteiger partial charge < -0.3 is 0 Å². The molecule has 0 aromatic heterocycles. The van der Waals surface area contributed by atoms with Gasteiger partial charge in [-0.25, -0.2) is 0 Å². The zero-order valence-electron chi connectivity index (χ0n) is 8.73. The van der Waals surface area contributed by atoms with Crippen LogP contribution in [0.2, 0.25) is 0 Å². The van der Waals surface area contributed by atoms with Gasteiger partial charge in [-0.2, -0.15) is 0 Å². The van der Waals surface area contributed by atoms with Gasteiger partial charge >= 0.3 is 0 Å². The first-order chi connectivity index (χ1) is 7.00. The van der Waals surface area contributed by atoms with Crippen LogP contribution in [0.1, 0.15) is 32.1 Å². The van der Waals surface area contributed by atoms with Crippen molar-refractivity contribution in [1.29, 1.82) is 0 Å². The quantitative estimate of drug-likeness (QED) is 0.494. The second-order valence-corrected chi connectivity index (χ2v) is 3.39. The Morgan fingerprint density at radius 2 is 1.14 bits per heavy atom. The van der Waals surface area contributed by atoms with E-state index in [1.54, 1.807) is 0 Å². The van der Waals surface area contributed by atoms with Gasteiger partial charge in [0.1, 0.15) is 0 Å². The number of rotatable bonds is 0. The summed E-state index contributed by atoms with van der Waals surface area (Å²) in [6, 6.07) is 0. The fourth-order valence-electron chi connectivity index (χ4n) is 1.32. The fourth-order valence-corrected chi connectivity index (χ4v) is 1.32. The maximum atomic E-state index is 2.33. The maximum Gasteiger partial charge on any atom is -0.0313 e. The second kappa shape index (κ2) is 8.55. The molecule has 0 atom stereocenters. The van der Waals surface area contributed by atoms with Gasteiger partial charge in [0.25, 0.3) is 0 Å². The van der Waals surface area contributed by atoms with E-state index in [2.05, 4.69) is 55.0 Å². The van der Waals surface area contributed by atoms with Crippen molar-refractivity contribution in [3.8, 4) is 0 Å². The Balaban J connectivity index is 2.35. The van der Waals surface area contributed by atoms with Gasteiger partial charge in [0.2, 0.25) is 0 Å². The maximum absolute atomic E-state index is 2.33. The van der Waals surface area contributed by atoms with Crippen molar-refractivity contribution in [2.24, 2.45) is 0 Å². The number of hydrogen-bond donors (Lipinski definition) is 0. The van der Waals surface area contributed by atoms with Crippen LogP contribution in [-0.4, -0.2) is 0 Å². The van der Waals surface area contributed by atoms with Crippen LogP contribution in [0.3, 0.4) is 0 Å². The minimum atomic E-state index is 1.09. The van der Waals surface area contributed by atoms with Crippen molar-refractivity contribution in [3.05, 3.63) is 55.0 Å². The molecular formula is C14H19. The van der Waals surface area contributed by atoms with Crippen LogP contribution in [0, 0.1) is 6.42 Å². The summed E-state index contributed by atoms with van der Waals surface area (Å²) in [6.45, 7) is 0. The largest absolute Gasteiger partial charge is 0.0885 e. The standard InChI is InChI=1S/C14H19/c1-2-4-6-8-10-12-14-13-11-9-7-5-3-1/h1-6,9,12,14H,7-8,10-11,13H2/b2-1+,5-3-,6-4-,14-12+. The lowest BCUT2D eigenvalue weighted by molar-refractivity contribution is 0.923. The summed E-state index contributed by atoms with van der Waals surface area (Å²) >= 11 is 0. The second-order valence-electron chi connectivity index (χ2n) is 3.39. The van der Waals surface area contributed by atoms with Gasteiger partial charge in [-0.15, -0.1) is 0 Å². The molecule has 1 aliphatic carbocycles. The molecule has 0 unspecified atom stereocenters. The highest BCUT2D eigenvalue weighted by Crippen LogP contribution is 2.02. The van der Waals surface area contributed by atoms with E-state index in [9.17, 15) is 0 Å². The first kappa shape index (κ1) is 11.0. The van der Waals surface area contributed by atoms with E-state index in [0.717, 1.165) is 12.8 Å². The lowest BCUT2D eigenvalue weighted by atomic mass is 10.1. The Hall–Kier alpha value is -1.04. The van der Waals surface area contributed by atoms with Gasteiger partial charge in [-0.3, -0.25) is 0 Å². The lowest BCUT2D eigenvalue weighted by Gasteiger charge is -1.93. The van der Waals surface area contributed by atoms with E-state index in [1.165, 1.54) is 19.3 Å². The van der Waals surface area contributed by atoms with Crippen LogP contribution in [0.25, 0.3) is 0 Å². The van der Waals surface area contributed by atoms with Gasteiger partial charge in [0, 0.05) is 0 Å². The van der Waals surface area contributed by atoms with Crippen LogP contribution in [0.4, 0.5) is 0 Å². The molecule has 0 amide bonds. The molecule has 0 heteroatoms. The summed E-state index contributed by atoms with van der Waals surface area (Å²) in [7, 11) is 0. The van der Waals surface area contributed by atoms with Gasteiger partial charge in [-0.1, -0.05) is 48.6 Å². The highest BCUT2D eigenvalue weighted by Gasteiger charge is 1.84. The Kier molecular flexibility index (Phi) is 6.74. The van der Waals surface area contributed by atoms with E-state index in [-0.39, 0.29) is 0 Å². The number of allylic oxidation sites excluding steroid dienone is 8. The summed E-state index contributed by atoms with van der Waals surface area (Å²) in [4.78, 5) is 0. The van der Waals surface area contributed by atoms with Crippen LogP contribution in [-0.2, 0) is 0 Å². The molecule has 75 valence electrons. The molecule has 0 aromatic carbocycles. The molecule has 0 saturated heterocycles. The molecule has 0 N–H and O–H groups in total. The average molecular weight is 187 g/mol. The van der Waals surface area contributed by atoms with E-state index in [0.29, 0.717) is 0 Å². The summed E-state index contributed by atoms with van der Waals surface area (Å²) < 4.78 is 0. The third-order valence-corrected chi connectivity index (χ3v) is 2.11. The zero-order valence-corrected chi connectivity index (χ0v) is 8.73. The molecule has 0 fully saturated rings. The lowest BCUT2D eigenvalue weighted by Crippen LogP contribution is -1.74. The molecule has 0 spiro atoms. The first-order valence-electron chi connectivity index (χ1n) is 5.45. The molecule has 0 heterocycles. The van der Waals surface area contributed by atoms with Crippen LogP contribution in [0.5, 0.6) is 0 Å². The molecule has 1 radical (unpaired) electrons. The molecule has 14 heavy (non-hydrogen) atoms. The molecule has 0 aromatic rings. The van der Waals surface area contributed by atoms with Crippen LogP contribution < -0.4 is 0 Å². The predicted molar refractivity (Wildman–Crippen MR) is 63.9 cm³/mol. The summed E-state index contributed by atoms with van der Waals surface area (Å²) in [5.74, 6) is 0. The highest BCUT2D eigenvalue weighted by molar-refractivity contribution is 5.11. The van der Waals surface area contributed by atoms with Crippen molar-refractivity contribution in [2.75, 3.05) is 0 Å². The highest BCUT2D eigenvalue weighted by atomic mass is 13.9. The Labute approximate surface area is 87.7 Å². The Morgan fingerprint density at radius 3 is 2.00 bits per heavy atom. The SMILES string of the molecule is [CH]1C\C=C/C=C/C=C\CC/C=C/CC1. The normalized spacial score (nSPS) is 28.6. The third-order valence-electron chi connectivity index (χ3n) is 2.11.